The standard InChI is InChI=1S/C73H116O6/c1-4-7-10-13-16-19-22-25-28-30-32-33-34-35-36-37-38-39-41-42-45-48-51-54-57-60-63-66-72(75)78-69-70(68-77-71(74)65-62-59-56-53-50-47-44-27-24-21-18-15-12-9-6-3)79-73(76)67-64-61-58-55-52-49-46-43-40-31-29-26-23-20-17-14-11-8-5-2/h7-8,10-11,16-21,25-29,32-33,35-36,38-40,42-45,70H,4-6,9,12-15,22-24,30-31,34,37,41,46-69H2,1-3H3/b10-7-,11-8-,19-16-,20-17-,21-18-,28-25-,29-26-,33-32-,36-35-,39-38-,43-40-,44-27-,45-42-. The summed E-state index contributed by atoms with van der Waals surface area (Å²) < 4.78 is 16.9. The zero-order valence-corrected chi connectivity index (χ0v) is 50.8. The Labute approximate surface area is 486 Å². The van der Waals surface area contributed by atoms with Gasteiger partial charge in [0.2, 0.25) is 0 Å². The molecule has 444 valence electrons. The molecule has 0 aliphatic rings. The molecule has 0 amide bonds. The van der Waals surface area contributed by atoms with Gasteiger partial charge in [-0.2, -0.15) is 0 Å². The fourth-order valence-corrected chi connectivity index (χ4v) is 8.27. The van der Waals surface area contributed by atoms with Gasteiger partial charge in [-0.1, -0.05) is 256 Å². The van der Waals surface area contributed by atoms with Crippen molar-refractivity contribution in [3.05, 3.63) is 158 Å². The molecule has 1 unspecified atom stereocenters. The number of allylic oxidation sites excluding steroid dienone is 26. The second kappa shape index (κ2) is 65.5. The van der Waals surface area contributed by atoms with Crippen LogP contribution in [0.4, 0.5) is 0 Å². The lowest BCUT2D eigenvalue weighted by atomic mass is 10.1. The Balaban J connectivity index is 4.47. The van der Waals surface area contributed by atoms with Crippen LogP contribution in [0.25, 0.3) is 0 Å². The molecule has 0 aromatic carbocycles. The highest BCUT2D eigenvalue weighted by Crippen LogP contribution is 2.14. The number of carbonyl (C=O) groups is 3. The van der Waals surface area contributed by atoms with E-state index in [1.807, 2.05) is 0 Å². The first kappa shape index (κ1) is 74.0. The van der Waals surface area contributed by atoms with Crippen molar-refractivity contribution < 1.29 is 28.6 Å². The summed E-state index contributed by atoms with van der Waals surface area (Å²) in [5.74, 6) is -0.953. The molecule has 0 aliphatic carbocycles. The Morgan fingerprint density at radius 3 is 0.772 bits per heavy atom. The van der Waals surface area contributed by atoms with Gasteiger partial charge in [0.1, 0.15) is 13.2 Å². The maximum atomic E-state index is 12.9. The first-order valence-corrected chi connectivity index (χ1v) is 32.0. The minimum atomic E-state index is -0.809. The minimum Gasteiger partial charge on any atom is -0.462 e. The number of hydrogen-bond donors (Lipinski definition) is 0. The average molecular weight is 1090 g/mol. The Hall–Kier alpha value is -4.97. The van der Waals surface area contributed by atoms with Crippen molar-refractivity contribution in [2.24, 2.45) is 0 Å². The van der Waals surface area contributed by atoms with Gasteiger partial charge in [-0.25, -0.2) is 0 Å². The van der Waals surface area contributed by atoms with Crippen molar-refractivity contribution in [1.29, 1.82) is 0 Å². The highest BCUT2D eigenvalue weighted by Gasteiger charge is 2.19. The minimum absolute atomic E-state index is 0.104. The normalized spacial score (nSPS) is 13.2. The van der Waals surface area contributed by atoms with E-state index in [1.165, 1.54) is 38.5 Å². The summed E-state index contributed by atoms with van der Waals surface area (Å²) in [6, 6.07) is 0. The van der Waals surface area contributed by atoms with Crippen LogP contribution in [0.2, 0.25) is 0 Å². The molecule has 79 heavy (non-hydrogen) atoms. The highest BCUT2D eigenvalue weighted by atomic mass is 16.6. The quantitative estimate of drug-likeness (QED) is 0.0261. The predicted octanol–water partition coefficient (Wildman–Crippen LogP) is 22.1. The Bertz CT molecular complexity index is 1780. The van der Waals surface area contributed by atoms with Gasteiger partial charge in [-0.05, 0) is 148 Å². The molecule has 0 bridgehead atoms. The van der Waals surface area contributed by atoms with Crippen molar-refractivity contribution in [3.8, 4) is 0 Å². The fraction of sp³-hybridized carbons (Fsp3) is 0.603. The number of esters is 3. The molecular formula is C73H116O6. The van der Waals surface area contributed by atoms with Crippen LogP contribution in [0, 0.1) is 0 Å². The molecule has 0 fully saturated rings. The van der Waals surface area contributed by atoms with Crippen LogP contribution in [0.1, 0.15) is 265 Å². The lowest BCUT2D eigenvalue weighted by Crippen LogP contribution is -2.30. The van der Waals surface area contributed by atoms with Crippen LogP contribution in [0.3, 0.4) is 0 Å². The van der Waals surface area contributed by atoms with Crippen LogP contribution in [-0.2, 0) is 28.6 Å². The van der Waals surface area contributed by atoms with E-state index in [-0.39, 0.29) is 31.1 Å². The first-order chi connectivity index (χ1) is 39.0. The van der Waals surface area contributed by atoms with Crippen molar-refractivity contribution in [1.82, 2.24) is 0 Å². The molecule has 0 aromatic rings. The van der Waals surface area contributed by atoms with E-state index in [0.717, 1.165) is 186 Å². The number of carbonyl (C=O) groups excluding carboxylic acids is 3. The molecule has 6 nitrogen and oxygen atoms in total. The summed E-state index contributed by atoms with van der Waals surface area (Å²) in [5, 5.41) is 0. The molecule has 0 heterocycles. The highest BCUT2D eigenvalue weighted by molar-refractivity contribution is 5.71. The maximum absolute atomic E-state index is 12.9. The van der Waals surface area contributed by atoms with Gasteiger partial charge in [-0.15, -0.1) is 0 Å². The second-order valence-electron chi connectivity index (χ2n) is 20.5. The van der Waals surface area contributed by atoms with Gasteiger partial charge >= 0.3 is 17.9 Å². The largest absolute Gasteiger partial charge is 0.462 e. The molecule has 0 saturated carbocycles. The zero-order valence-electron chi connectivity index (χ0n) is 50.8. The molecule has 6 heteroatoms. The van der Waals surface area contributed by atoms with E-state index in [0.29, 0.717) is 19.3 Å². The van der Waals surface area contributed by atoms with Gasteiger partial charge < -0.3 is 14.2 Å². The van der Waals surface area contributed by atoms with Crippen LogP contribution >= 0.6 is 0 Å². The number of rotatable bonds is 56. The Kier molecular flexibility index (Phi) is 61.4. The van der Waals surface area contributed by atoms with Gasteiger partial charge in [0.15, 0.2) is 6.10 Å². The molecule has 0 N–H and O–H groups in total. The zero-order chi connectivity index (χ0) is 57.1. The second-order valence-corrected chi connectivity index (χ2v) is 20.5. The third kappa shape index (κ3) is 63.7. The molecular weight excluding hydrogens is 973 g/mol. The first-order valence-electron chi connectivity index (χ1n) is 32.0. The summed E-state index contributed by atoms with van der Waals surface area (Å²) in [6.07, 6.45) is 95.2. The van der Waals surface area contributed by atoms with Crippen LogP contribution in [-0.4, -0.2) is 37.2 Å². The summed E-state index contributed by atoms with van der Waals surface area (Å²) >= 11 is 0. The number of ether oxygens (including phenoxy) is 3. The topological polar surface area (TPSA) is 78.9 Å². The lowest BCUT2D eigenvalue weighted by Gasteiger charge is -2.18. The molecule has 0 rings (SSSR count). The van der Waals surface area contributed by atoms with Crippen LogP contribution in [0.5, 0.6) is 0 Å². The van der Waals surface area contributed by atoms with Crippen molar-refractivity contribution in [3.63, 3.8) is 0 Å². The van der Waals surface area contributed by atoms with E-state index in [1.54, 1.807) is 0 Å². The van der Waals surface area contributed by atoms with Crippen LogP contribution in [0.15, 0.2) is 158 Å². The predicted molar refractivity (Wildman–Crippen MR) is 343 cm³/mol. The molecule has 0 radical (unpaired) electrons. The Morgan fingerprint density at radius 1 is 0.266 bits per heavy atom. The molecule has 0 aromatic heterocycles. The van der Waals surface area contributed by atoms with Gasteiger partial charge in [-0.3, -0.25) is 14.4 Å². The summed E-state index contributed by atoms with van der Waals surface area (Å²) in [4.78, 5) is 38.3. The van der Waals surface area contributed by atoms with Crippen molar-refractivity contribution >= 4 is 17.9 Å². The third-order valence-corrected chi connectivity index (χ3v) is 13.0. The van der Waals surface area contributed by atoms with E-state index in [4.69, 9.17) is 14.2 Å². The third-order valence-electron chi connectivity index (χ3n) is 13.0. The van der Waals surface area contributed by atoms with E-state index in [9.17, 15) is 14.4 Å². The van der Waals surface area contributed by atoms with Crippen molar-refractivity contribution in [2.75, 3.05) is 13.2 Å². The molecule has 0 spiro atoms. The lowest BCUT2D eigenvalue weighted by molar-refractivity contribution is -0.167. The molecule has 1 atom stereocenters. The van der Waals surface area contributed by atoms with Gasteiger partial charge in [0.05, 0.1) is 0 Å². The summed E-state index contributed by atoms with van der Waals surface area (Å²) in [7, 11) is 0. The number of unbranched alkanes of at least 4 members (excludes halogenated alkanes) is 19. The van der Waals surface area contributed by atoms with E-state index >= 15 is 0 Å². The van der Waals surface area contributed by atoms with E-state index in [2.05, 4.69) is 179 Å². The fourth-order valence-electron chi connectivity index (χ4n) is 8.27. The summed E-state index contributed by atoms with van der Waals surface area (Å²) in [6.45, 7) is 6.34. The summed E-state index contributed by atoms with van der Waals surface area (Å²) in [5.41, 5.74) is 0. The average Bonchev–Trinajstić information content (AvgIpc) is 3.45. The number of hydrogen-bond acceptors (Lipinski definition) is 6. The van der Waals surface area contributed by atoms with Gasteiger partial charge in [0.25, 0.3) is 0 Å². The molecule has 0 saturated heterocycles. The van der Waals surface area contributed by atoms with Crippen LogP contribution < -0.4 is 0 Å². The SMILES string of the molecule is CC/C=C\C/C=C\C/C=C\C/C=C\C/C=C\C/C=C\C/C=C\CCCCCCCC(=O)OCC(COC(=O)CCCCCCC/C=C\C/C=C\CCCCC)OC(=O)CCCCCCCC/C=C\C/C=C\C/C=C\C/C=C\CC. The van der Waals surface area contributed by atoms with E-state index < -0.39 is 6.10 Å². The Morgan fingerprint density at radius 2 is 0.494 bits per heavy atom. The monoisotopic (exact) mass is 1090 g/mol. The van der Waals surface area contributed by atoms with Crippen molar-refractivity contribution in [2.45, 2.75) is 271 Å². The maximum Gasteiger partial charge on any atom is 0.306 e. The van der Waals surface area contributed by atoms with Gasteiger partial charge in [0, 0.05) is 19.3 Å². The molecule has 0 aliphatic heterocycles. The smallest absolute Gasteiger partial charge is 0.306 e.